The zero-order chi connectivity index (χ0) is 9.94. The molecule has 0 spiro atoms. The van der Waals surface area contributed by atoms with Gasteiger partial charge in [-0.05, 0) is 0 Å². The van der Waals surface area contributed by atoms with Gasteiger partial charge in [-0.15, -0.1) is 30.6 Å². The first-order valence-corrected chi connectivity index (χ1v) is 3.23. The third-order valence-electron chi connectivity index (χ3n) is 1.00. The van der Waals surface area contributed by atoms with E-state index in [1.165, 1.54) is 0 Å². The van der Waals surface area contributed by atoms with Crippen LogP contribution in [0, 0.1) is 12.3 Å². The first-order chi connectivity index (χ1) is 6.35. The molecule has 1 aromatic carbocycles. The van der Waals surface area contributed by atoms with Gasteiger partial charge in [0, 0.05) is 0 Å². The molecule has 0 heterocycles. The van der Waals surface area contributed by atoms with E-state index >= 15 is 0 Å². The van der Waals surface area contributed by atoms with Gasteiger partial charge in [-0.25, -0.2) is 0 Å². The van der Waals surface area contributed by atoms with Crippen LogP contribution in [0.2, 0.25) is 0 Å². The molecule has 0 amide bonds. The van der Waals surface area contributed by atoms with Gasteiger partial charge in [0.15, 0.2) is 0 Å². The Morgan fingerprint density at radius 1 is 1.14 bits per heavy atom. The normalized spacial score (nSPS) is 6.50. The van der Waals surface area contributed by atoms with E-state index < -0.39 is 0 Å². The van der Waals surface area contributed by atoms with Crippen molar-refractivity contribution in [2.75, 3.05) is 0 Å². The van der Waals surface area contributed by atoms with Crippen molar-refractivity contribution in [2.45, 2.75) is 0 Å². The summed E-state index contributed by atoms with van der Waals surface area (Å²) in [5.41, 5.74) is 0.826. The predicted molar refractivity (Wildman–Crippen MR) is 45.1 cm³/mol. The van der Waals surface area contributed by atoms with Crippen LogP contribution in [-0.2, 0) is 47.0 Å². The van der Waals surface area contributed by atoms with Crippen LogP contribution in [0.25, 0.3) is 0 Å². The first kappa shape index (κ1) is 15.5. The molecular formula is C10H5O3Y. The Balaban J connectivity index is 0. The van der Waals surface area contributed by atoms with E-state index in [-0.39, 0.29) is 32.7 Å². The van der Waals surface area contributed by atoms with E-state index in [9.17, 15) is 0 Å². The third-order valence-corrected chi connectivity index (χ3v) is 1.00. The molecule has 0 N–H and O–H groups in total. The molecule has 3 nitrogen and oxygen atoms in total. The zero-order valence-electron chi connectivity index (χ0n) is 7.19. The summed E-state index contributed by atoms with van der Waals surface area (Å²) >= 11 is 0. The van der Waals surface area contributed by atoms with E-state index in [0.717, 1.165) is 18.5 Å². The molecule has 0 fully saturated rings. The number of carbonyl (C=O) groups excluding carboxylic acids is 2. The quantitative estimate of drug-likeness (QED) is 0.449. The van der Waals surface area contributed by atoms with E-state index in [1.54, 1.807) is 0 Å². The van der Waals surface area contributed by atoms with Crippen LogP contribution in [-0.4, -0.2) is 12.9 Å². The second-order valence-corrected chi connectivity index (χ2v) is 1.76. The standard InChI is InChI=1S/C8H5.C2O3.Y/c1-2-8-6-4-3-5-7-8;3-1-5-2-4;/h3-7H;;/q-1;-2;+3. The van der Waals surface area contributed by atoms with Crippen LogP contribution in [0.4, 0.5) is 0 Å². The van der Waals surface area contributed by atoms with Crippen molar-refractivity contribution in [1.29, 1.82) is 0 Å². The average Bonchev–Trinajstić information content (AvgIpc) is 2.21. The smallest absolute Gasteiger partial charge is 0.783 e. The fourth-order valence-corrected chi connectivity index (χ4v) is 0.538. The van der Waals surface area contributed by atoms with Gasteiger partial charge in [0.1, 0.15) is 0 Å². The Morgan fingerprint density at radius 3 is 1.86 bits per heavy atom. The van der Waals surface area contributed by atoms with Crippen molar-refractivity contribution >= 4 is 12.9 Å². The predicted octanol–water partition coefficient (Wildman–Crippen LogP) is 0.759. The maximum atomic E-state index is 8.80. The minimum absolute atomic E-state index is 0. The summed E-state index contributed by atoms with van der Waals surface area (Å²) in [6.45, 7) is 1.69. The average molecular weight is 262 g/mol. The minimum Gasteiger partial charge on any atom is -0.783 e. The molecule has 0 atom stereocenters. The summed E-state index contributed by atoms with van der Waals surface area (Å²) in [7, 11) is 0. The molecule has 0 saturated heterocycles. The van der Waals surface area contributed by atoms with Crippen molar-refractivity contribution in [3.8, 4) is 5.92 Å². The molecule has 0 radical (unpaired) electrons. The van der Waals surface area contributed by atoms with Crippen molar-refractivity contribution in [3.05, 3.63) is 42.3 Å². The summed E-state index contributed by atoms with van der Waals surface area (Å²) in [5.74, 6) is 2.28. The van der Waals surface area contributed by atoms with Gasteiger partial charge in [0.25, 0.3) is 0 Å². The van der Waals surface area contributed by atoms with Gasteiger partial charge in [-0.2, -0.15) is 0 Å². The molecule has 14 heavy (non-hydrogen) atoms. The Labute approximate surface area is 108 Å². The van der Waals surface area contributed by atoms with Gasteiger partial charge in [-0.3, -0.25) is 5.92 Å². The van der Waals surface area contributed by atoms with Gasteiger partial charge in [-0.1, -0.05) is 18.2 Å². The molecule has 0 aliphatic carbocycles. The van der Waals surface area contributed by atoms with Crippen molar-refractivity contribution in [1.82, 2.24) is 0 Å². The second kappa shape index (κ2) is 12.0. The largest absolute Gasteiger partial charge is 3.00 e. The number of ether oxygens (including phenoxy) is 1. The van der Waals surface area contributed by atoms with E-state index in [0.29, 0.717) is 0 Å². The number of benzene rings is 1. The number of rotatable bonds is 2. The van der Waals surface area contributed by atoms with Crippen molar-refractivity contribution in [3.63, 3.8) is 0 Å². The van der Waals surface area contributed by atoms with Crippen molar-refractivity contribution in [2.24, 2.45) is 0 Å². The Morgan fingerprint density at radius 2 is 1.64 bits per heavy atom. The summed E-state index contributed by atoms with van der Waals surface area (Å²) < 4.78 is 3.22. The van der Waals surface area contributed by atoms with E-state index in [2.05, 4.69) is 10.7 Å². The Hall–Kier alpha value is -0.976. The maximum absolute atomic E-state index is 8.80. The zero-order valence-corrected chi connectivity index (χ0v) is 10.0. The fourth-order valence-electron chi connectivity index (χ4n) is 0.538. The van der Waals surface area contributed by atoms with Gasteiger partial charge >= 0.3 is 32.7 Å². The van der Waals surface area contributed by atoms with Crippen LogP contribution in [0.3, 0.4) is 0 Å². The minimum atomic E-state index is 0. The SMILES string of the molecule is O=[C-]O[C-]=O.[C-]#Cc1ccccc1.[Y+3]. The monoisotopic (exact) mass is 262 g/mol. The van der Waals surface area contributed by atoms with Crippen LogP contribution >= 0.6 is 0 Å². The van der Waals surface area contributed by atoms with Gasteiger partial charge in [0.05, 0.1) is 0 Å². The van der Waals surface area contributed by atoms with Crippen LogP contribution in [0.15, 0.2) is 30.3 Å². The molecule has 1 aromatic rings. The molecule has 1 rings (SSSR count). The fraction of sp³-hybridized carbons (Fsp3) is 0. The third kappa shape index (κ3) is 9.11. The first-order valence-electron chi connectivity index (χ1n) is 3.23. The number of hydrogen-bond acceptors (Lipinski definition) is 3. The maximum Gasteiger partial charge on any atom is 3.00 e. The Bertz CT molecular complexity index is 284. The summed E-state index contributed by atoms with van der Waals surface area (Å²) in [5, 5.41) is 0. The molecule has 0 saturated carbocycles. The molecule has 0 unspecified atom stereocenters. The summed E-state index contributed by atoms with van der Waals surface area (Å²) in [4.78, 5) is 17.6. The molecule has 0 aromatic heterocycles. The summed E-state index contributed by atoms with van der Waals surface area (Å²) in [6.07, 6.45) is 6.69. The van der Waals surface area contributed by atoms with Crippen LogP contribution in [0.1, 0.15) is 5.56 Å². The van der Waals surface area contributed by atoms with Crippen LogP contribution in [0.5, 0.6) is 0 Å². The van der Waals surface area contributed by atoms with E-state index in [1.807, 2.05) is 30.3 Å². The Kier molecular flexibility index (Phi) is 13.3. The summed E-state index contributed by atoms with van der Waals surface area (Å²) in [6, 6.07) is 9.37. The molecule has 4 heteroatoms. The van der Waals surface area contributed by atoms with Crippen molar-refractivity contribution < 1.29 is 47.0 Å². The number of hydrogen-bond donors (Lipinski definition) is 0. The molecular weight excluding hydrogens is 257 g/mol. The molecule has 0 bridgehead atoms. The molecule has 0 aliphatic heterocycles. The molecule has 66 valence electrons. The van der Waals surface area contributed by atoms with Crippen LogP contribution < -0.4 is 0 Å². The van der Waals surface area contributed by atoms with Gasteiger partial charge in [0.2, 0.25) is 0 Å². The van der Waals surface area contributed by atoms with E-state index in [4.69, 9.17) is 16.0 Å². The topological polar surface area (TPSA) is 43.4 Å². The molecule has 0 aliphatic rings. The second-order valence-electron chi connectivity index (χ2n) is 1.76. The van der Waals surface area contributed by atoms with Gasteiger partial charge < -0.3 is 20.7 Å².